The third kappa shape index (κ3) is 2.66. The van der Waals surface area contributed by atoms with E-state index < -0.39 is 17.6 Å². The number of nitrogens with zero attached hydrogens (tertiary/aromatic N) is 2. The molecule has 1 aliphatic rings. The SMILES string of the molecule is CC(=O)N(C)c1ccc2c(c1)[C@H](n1ccccc1=O)[C@@H](O)C(C)(C)C2=O. The molecule has 0 unspecified atom stereocenters. The quantitative estimate of drug-likeness (QED) is 0.895. The normalized spacial score (nSPS) is 21.2. The minimum absolute atomic E-state index is 0.151. The summed E-state index contributed by atoms with van der Waals surface area (Å²) in [5.41, 5.74) is 0.298. The largest absolute Gasteiger partial charge is 0.390 e. The lowest BCUT2D eigenvalue weighted by Gasteiger charge is -2.41. The number of carbonyl (C=O) groups is 2. The van der Waals surface area contributed by atoms with Gasteiger partial charge in [0.1, 0.15) is 0 Å². The van der Waals surface area contributed by atoms with E-state index in [9.17, 15) is 19.5 Å². The molecule has 3 rings (SSSR count). The van der Waals surface area contributed by atoms with Crippen molar-refractivity contribution < 1.29 is 14.7 Å². The zero-order valence-electron chi connectivity index (χ0n) is 15.3. The van der Waals surface area contributed by atoms with Crippen molar-refractivity contribution in [3.05, 3.63) is 64.1 Å². The van der Waals surface area contributed by atoms with Crippen LogP contribution in [0.5, 0.6) is 0 Å². The van der Waals surface area contributed by atoms with Crippen molar-refractivity contribution in [2.45, 2.75) is 32.9 Å². The number of amides is 1. The molecular formula is C20H22N2O4. The maximum absolute atomic E-state index is 12.9. The van der Waals surface area contributed by atoms with Crippen molar-refractivity contribution in [1.82, 2.24) is 4.57 Å². The number of Topliss-reactive ketones (excluding diaryl/α,β-unsaturated/α-hetero) is 1. The number of aliphatic hydroxyl groups is 1. The molecule has 0 bridgehead atoms. The van der Waals surface area contributed by atoms with Crippen LogP contribution in [0.2, 0.25) is 0 Å². The summed E-state index contributed by atoms with van der Waals surface area (Å²) in [6.45, 7) is 4.81. The van der Waals surface area contributed by atoms with Gasteiger partial charge in [-0.3, -0.25) is 14.4 Å². The van der Waals surface area contributed by atoms with Gasteiger partial charge in [-0.15, -0.1) is 0 Å². The zero-order chi connectivity index (χ0) is 19.2. The smallest absolute Gasteiger partial charge is 0.251 e. The van der Waals surface area contributed by atoms with Gasteiger partial charge in [-0.25, -0.2) is 0 Å². The average molecular weight is 354 g/mol. The van der Waals surface area contributed by atoms with Gasteiger partial charge in [0, 0.05) is 37.5 Å². The molecule has 0 radical (unpaired) electrons. The Labute approximate surface area is 151 Å². The van der Waals surface area contributed by atoms with Crippen molar-refractivity contribution >= 4 is 17.4 Å². The maximum atomic E-state index is 12.9. The maximum Gasteiger partial charge on any atom is 0.251 e. The molecule has 136 valence electrons. The molecule has 6 nitrogen and oxygen atoms in total. The summed E-state index contributed by atoms with van der Waals surface area (Å²) in [7, 11) is 1.64. The lowest BCUT2D eigenvalue weighted by Crippen LogP contribution is -2.49. The van der Waals surface area contributed by atoms with E-state index >= 15 is 0 Å². The van der Waals surface area contributed by atoms with Gasteiger partial charge in [0.05, 0.1) is 17.6 Å². The Morgan fingerprint density at radius 1 is 1.19 bits per heavy atom. The number of rotatable bonds is 2. The van der Waals surface area contributed by atoms with E-state index in [1.54, 1.807) is 57.4 Å². The molecule has 1 aromatic heterocycles. The Morgan fingerprint density at radius 3 is 2.50 bits per heavy atom. The van der Waals surface area contributed by atoms with Crippen LogP contribution in [0.4, 0.5) is 5.69 Å². The Morgan fingerprint density at radius 2 is 1.88 bits per heavy atom. The third-order valence-electron chi connectivity index (χ3n) is 5.23. The topological polar surface area (TPSA) is 79.6 Å². The number of fused-ring (bicyclic) bond motifs is 1. The number of hydrogen-bond donors (Lipinski definition) is 1. The van der Waals surface area contributed by atoms with Crippen LogP contribution in [0.1, 0.15) is 42.7 Å². The summed E-state index contributed by atoms with van der Waals surface area (Å²) in [5.74, 6) is -0.335. The molecule has 1 aliphatic carbocycles. The highest BCUT2D eigenvalue weighted by Gasteiger charge is 2.48. The minimum Gasteiger partial charge on any atom is -0.390 e. The Hall–Kier alpha value is -2.73. The number of benzene rings is 1. The zero-order valence-corrected chi connectivity index (χ0v) is 15.3. The van der Waals surface area contributed by atoms with E-state index in [4.69, 9.17) is 0 Å². The van der Waals surface area contributed by atoms with Gasteiger partial charge in [0.25, 0.3) is 5.56 Å². The van der Waals surface area contributed by atoms with Gasteiger partial charge in [-0.2, -0.15) is 0 Å². The lowest BCUT2D eigenvalue weighted by molar-refractivity contribution is -0.116. The van der Waals surface area contributed by atoms with E-state index in [2.05, 4.69) is 0 Å². The molecule has 26 heavy (non-hydrogen) atoms. The van der Waals surface area contributed by atoms with Gasteiger partial charge in [-0.05, 0) is 43.7 Å². The van der Waals surface area contributed by atoms with Gasteiger partial charge in [-0.1, -0.05) is 6.07 Å². The Balaban J connectivity index is 2.28. The predicted octanol–water partition coefficient (Wildman–Crippen LogP) is 2.00. The van der Waals surface area contributed by atoms with Crippen LogP contribution in [0.25, 0.3) is 0 Å². The Kier molecular flexibility index (Phi) is 4.32. The van der Waals surface area contributed by atoms with Crippen LogP contribution in [0.3, 0.4) is 0 Å². The summed E-state index contributed by atoms with van der Waals surface area (Å²) in [5, 5.41) is 11.0. The highest BCUT2D eigenvalue weighted by Crippen LogP contribution is 2.43. The Bertz CT molecular complexity index is 945. The van der Waals surface area contributed by atoms with E-state index in [0.29, 0.717) is 16.8 Å². The monoisotopic (exact) mass is 354 g/mol. The third-order valence-corrected chi connectivity index (χ3v) is 5.23. The standard InChI is InChI=1S/C20H22N2O4/c1-12(23)21(4)13-8-9-14-15(11-13)17(19(26)20(2,3)18(14)25)22-10-6-5-7-16(22)24/h5-11,17,19,26H,1-4H3/t17-,19+/m0/s1. The molecule has 0 spiro atoms. The van der Waals surface area contributed by atoms with Gasteiger partial charge >= 0.3 is 0 Å². The van der Waals surface area contributed by atoms with Crippen LogP contribution in [-0.4, -0.2) is 34.5 Å². The molecule has 0 fully saturated rings. The predicted molar refractivity (Wildman–Crippen MR) is 98.5 cm³/mol. The van der Waals surface area contributed by atoms with Crippen LogP contribution >= 0.6 is 0 Å². The van der Waals surface area contributed by atoms with E-state index in [0.717, 1.165) is 0 Å². The molecule has 1 amide bonds. The molecule has 2 atom stereocenters. The van der Waals surface area contributed by atoms with E-state index in [-0.39, 0.29) is 17.2 Å². The molecule has 1 N–H and O–H groups in total. The average Bonchev–Trinajstić information content (AvgIpc) is 2.61. The van der Waals surface area contributed by atoms with Crippen molar-refractivity contribution in [3.8, 4) is 0 Å². The molecule has 1 aromatic carbocycles. The van der Waals surface area contributed by atoms with E-state index in [1.807, 2.05) is 0 Å². The molecule has 2 aromatic rings. The molecule has 0 saturated carbocycles. The summed E-state index contributed by atoms with van der Waals surface area (Å²) < 4.78 is 1.44. The van der Waals surface area contributed by atoms with Gasteiger partial charge < -0.3 is 14.6 Å². The number of ketones is 1. The van der Waals surface area contributed by atoms with Crippen molar-refractivity contribution in [2.24, 2.45) is 5.41 Å². The van der Waals surface area contributed by atoms with Crippen molar-refractivity contribution in [2.75, 3.05) is 11.9 Å². The molecule has 0 aliphatic heterocycles. The van der Waals surface area contributed by atoms with Crippen LogP contribution in [0, 0.1) is 5.41 Å². The van der Waals surface area contributed by atoms with E-state index in [1.165, 1.54) is 22.5 Å². The lowest BCUT2D eigenvalue weighted by atomic mass is 9.68. The second-order valence-corrected chi connectivity index (χ2v) is 7.24. The fourth-order valence-corrected chi connectivity index (χ4v) is 3.41. The second-order valence-electron chi connectivity index (χ2n) is 7.24. The van der Waals surface area contributed by atoms with Gasteiger partial charge in [0.15, 0.2) is 5.78 Å². The number of pyridine rings is 1. The molecular weight excluding hydrogens is 332 g/mol. The molecule has 6 heteroatoms. The van der Waals surface area contributed by atoms with Crippen LogP contribution in [-0.2, 0) is 4.79 Å². The minimum atomic E-state index is -1.08. The number of aliphatic hydroxyl groups excluding tert-OH is 1. The van der Waals surface area contributed by atoms with Crippen LogP contribution < -0.4 is 10.5 Å². The first-order valence-electron chi connectivity index (χ1n) is 8.44. The summed E-state index contributed by atoms with van der Waals surface area (Å²) in [4.78, 5) is 38.5. The first-order chi connectivity index (χ1) is 12.2. The summed E-state index contributed by atoms with van der Waals surface area (Å²) >= 11 is 0. The number of anilines is 1. The number of carbonyl (C=O) groups excluding carboxylic acids is 2. The number of hydrogen-bond acceptors (Lipinski definition) is 4. The summed E-state index contributed by atoms with van der Waals surface area (Å²) in [6, 6.07) is 9.12. The fourth-order valence-electron chi connectivity index (χ4n) is 3.41. The first-order valence-corrected chi connectivity index (χ1v) is 8.44. The number of aromatic nitrogens is 1. The van der Waals surface area contributed by atoms with Crippen LogP contribution in [0.15, 0.2) is 47.4 Å². The highest BCUT2D eigenvalue weighted by atomic mass is 16.3. The van der Waals surface area contributed by atoms with Gasteiger partial charge in [0.2, 0.25) is 5.91 Å². The van der Waals surface area contributed by atoms with Crippen molar-refractivity contribution in [3.63, 3.8) is 0 Å². The highest BCUT2D eigenvalue weighted by molar-refractivity contribution is 6.04. The second kappa shape index (κ2) is 6.21. The summed E-state index contributed by atoms with van der Waals surface area (Å²) in [6.07, 6.45) is 0.522. The van der Waals surface area contributed by atoms with Crippen molar-refractivity contribution in [1.29, 1.82) is 0 Å². The fraction of sp³-hybridized carbons (Fsp3) is 0.350. The molecule has 1 heterocycles. The molecule has 0 saturated heterocycles. The first kappa shape index (κ1) is 18.1.